The van der Waals surface area contributed by atoms with Gasteiger partial charge in [-0.3, -0.25) is 9.69 Å². The molecule has 0 spiro atoms. The van der Waals surface area contributed by atoms with Crippen LogP contribution in [-0.4, -0.2) is 34.6 Å². The molecule has 0 saturated carbocycles. The zero-order valence-corrected chi connectivity index (χ0v) is 17.4. The van der Waals surface area contributed by atoms with Crippen LogP contribution in [0.3, 0.4) is 0 Å². The standard InChI is InChI=1S/C24H32N2O2/c1-18-16-26(17-19-9-6-5-7-10-19)14-13-24(18,4)20-11-8-12-21(15-20)25-22(27)23(2,3)28/h5-12,15,18,28H,13-14,16-17H2,1-4H3,(H,25,27)/t18-,24-/m0/s1. The normalized spacial score (nSPS) is 23.4. The summed E-state index contributed by atoms with van der Waals surface area (Å²) in [6.07, 6.45) is 1.07. The largest absolute Gasteiger partial charge is 0.381 e. The van der Waals surface area contributed by atoms with Crippen molar-refractivity contribution in [1.82, 2.24) is 4.90 Å². The average Bonchev–Trinajstić information content (AvgIpc) is 2.65. The van der Waals surface area contributed by atoms with Crippen LogP contribution in [0.15, 0.2) is 54.6 Å². The molecule has 28 heavy (non-hydrogen) atoms. The predicted octanol–water partition coefficient (Wildman–Crippen LogP) is 4.20. The summed E-state index contributed by atoms with van der Waals surface area (Å²) >= 11 is 0. The fourth-order valence-corrected chi connectivity index (χ4v) is 3.97. The van der Waals surface area contributed by atoms with Gasteiger partial charge < -0.3 is 10.4 Å². The highest BCUT2D eigenvalue weighted by Crippen LogP contribution is 2.40. The maximum Gasteiger partial charge on any atom is 0.255 e. The SMILES string of the molecule is C[C@H]1CN(Cc2ccccc2)CC[C@]1(C)c1cccc(NC(=O)C(C)(C)O)c1. The number of benzene rings is 2. The van der Waals surface area contributed by atoms with Crippen molar-refractivity contribution in [2.24, 2.45) is 5.92 Å². The lowest BCUT2D eigenvalue weighted by Crippen LogP contribution is -2.47. The molecule has 0 bridgehead atoms. The van der Waals surface area contributed by atoms with Gasteiger partial charge in [0.1, 0.15) is 5.60 Å². The van der Waals surface area contributed by atoms with Gasteiger partial charge in [0, 0.05) is 18.8 Å². The van der Waals surface area contributed by atoms with E-state index in [0.717, 1.165) is 31.7 Å². The van der Waals surface area contributed by atoms with Crippen LogP contribution in [0.5, 0.6) is 0 Å². The quantitative estimate of drug-likeness (QED) is 0.818. The Morgan fingerprint density at radius 2 is 1.93 bits per heavy atom. The van der Waals surface area contributed by atoms with Gasteiger partial charge in [-0.1, -0.05) is 56.3 Å². The molecule has 1 aliphatic heterocycles. The number of likely N-dealkylation sites (tertiary alicyclic amines) is 1. The van der Waals surface area contributed by atoms with Crippen LogP contribution >= 0.6 is 0 Å². The molecule has 150 valence electrons. The molecular formula is C24H32N2O2. The van der Waals surface area contributed by atoms with Crippen molar-refractivity contribution in [3.05, 3.63) is 65.7 Å². The minimum Gasteiger partial charge on any atom is -0.381 e. The van der Waals surface area contributed by atoms with E-state index in [0.29, 0.717) is 5.92 Å². The fourth-order valence-electron chi connectivity index (χ4n) is 3.97. The zero-order chi connectivity index (χ0) is 20.4. The van der Waals surface area contributed by atoms with Crippen LogP contribution in [-0.2, 0) is 16.8 Å². The second kappa shape index (κ2) is 8.06. The van der Waals surface area contributed by atoms with Gasteiger partial charge in [-0.05, 0) is 61.4 Å². The van der Waals surface area contributed by atoms with E-state index in [-0.39, 0.29) is 11.3 Å². The number of hydrogen-bond acceptors (Lipinski definition) is 3. The topological polar surface area (TPSA) is 52.6 Å². The summed E-state index contributed by atoms with van der Waals surface area (Å²) in [5.74, 6) is 0.103. The van der Waals surface area contributed by atoms with E-state index in [9.17, 15) is 9.90 Å². The van der Waals surface area contributed by atoms with Crippen molar-refractivity contribution in [3.8, 4) is 0 Å². The van der Waals surface area contributed by atoms with E-state index in [1.807, 2.05) is 12.1 Å². The van der Waals surface area contributed by atoms with E-state index >= 15 is 0 Å². The molecular weight excluding hydrogens is 348 g/mol. The summed E-state index contributed by atoms with van der Waals surface area (Å²) in [5, 5.41) is 12.7. The molecule has 1 fully saturated rings. The molecule has 2 N–H and O–H groups in total. The van der Waals surface area contributed by atoms with Crippen LogP contribution in [0.1, 0.15) is 45.2 Å². The molecule has 1 heterocycles. The molecule has 4 heteroatoms. The fraction of sp³-hybridized carbons (Fsp3) is 0.458. The van der Waals surface area contributed by atoms with Crippen molar-refractivity contribution in [2.75, 3.05) is 18.4 Å². The Kier molecular flexibility index (Phi) is 5.92. The number of nitrogens with zero attached hydrogens (tertiary/aromatic N) is 1. The first kappa shape index (κ1) is 20.6. The minimum absolute atomic E-state index is 0.0582. The summed E-state index contributed by atoms with van der Waals surface area (Å²) in [4.78, 5) is 14.6. The molecule has 0 unspecified atom stereocenters. The molecule has 1 aliphatic rings. The average molecular weight is 381 g/mol. The van der Waals surface area contributed by atoms with E-state index < -0.39 is 5.60 Å². The summed E-state index contributed by atoms with van der Waals surface area (Å²) in [7, 11) is 0. The van der Waals surface area contributed by atoms with Crippen molar-refractivity contribution >= 4 is 11.6 Å². The highest BCUT2D eigenvalue weighted by molar-refractivity contribution is 5.96. The van der Waals surface area contributed by atoms with Crippen LogP contribution in [0.4, 0.5) is 5.69 Å². The van der Waals surface area contributed by atoms with Crippen LogP contribution in [0.25, 0.3) is 0 Å². The maximum absolute atomic E-state index is 12.1. The molecule has 1 saturated heterocycles. The van der Waals surface area contributed by atoms with Crippen molar-refractivity contribution in [2.45, 2.75) is 51.7 Å². The van der Waals surface area contributed by atoms with Crippen molar-refractivity contribution < 1.29 is 9.90 Å². The second-order valence-electron chi connectivity index (χ2n) is 8.88. The summed E-state index contributed by atoms with van der Waals surface area (Å²) in [6, 6.07) is 18.7. The Balaban J connectivity index is 1.71. The Morgan fingerprint density at radius 3 is 2.57 bits per heavy atom. The molecule has 0 radical (unpaired) electrons. The number of piperidine rings is 1. The first-order valence-electron chi connectivity index (χ1n) is 10.1. The molecule has 0 aromatic heterocycles. The Labute approximate surface area is 168 Å². The lowest BCUT2D eigenvalue weighted by molar-refractivity contribution is -0.130. The lowest BCUT2D eigenvalue weighted by Gasteiger charge is -2.45. The lowest BCUT2D eigenvalue weighted by atomic mass is 9.68. The zero-order valence-electron chi connectivity index (χ0n) is 17.4. The Bertz CT molecular complexity index is 813. The third kappa shape index (κ3) is 4.62. The monoisotopic (exact) mass is 380 g/mol. The smallest absolute Gasteiger partial charge is 0.255 e. The highest BCUT2D eigenvalue weighted by Gasteiger charge is 2.38. The predicted molar refractivity (Wildman–Crippen MR) is 114 cm³/mol. The summed E-state index contributed by atoms with van der Waals surface area (Å²) < 4.78 is 0. The number of aliphatic hydroxyl groups is 1. The first-order chi connectivity index (χ1) is 13.2. The number of anilines is 1. The van der Waals surface area contributed by atoms with Gasteiger partial charge in [-0.25, -0.2) is 0 Å². The maximum atomic E-state index is 12.1. The van der Waals surface area contributed by atoms with Gasteiger partial charge in [0.2, 0.25) is 0 Å². The van der Waals surface area contributed by atoms with Gasteiger partial charge in [-0.15, -0.1) is 0 Å². The second-order valence-corrected chi connectivity index (χ2v) is 8.88. The van der Waals surface area contributed by atoms with Crippen LogP contribution in [0, 0.1) is 5.92 Å². The number of nitrogens with one attached hydrogen (secondary N) is 1. The number of carbonyl (C=O) groups excluding carboxylic acids is 1. The molecule has 2 aromatic rings. The number of hydrogen-bond donors (Lipinski definition) is 2. The minimum atomic E-state index is -1.39. The number of carbonyl (C=O) groups is 1. The molecule has 3 rings (SSSR count). The van der Waals surface area contributed by atoms with Gasteiger partial charge in [0.05, 0.1) is 0 Å². The van der Waals surface area contributed by atoms with Crippen LogP contribution in [0.2, 0.25) is 0 Å². The highest BCUT2D eigenvalue weighted by atomic mass is 16.3. The first-order valence-corrected chi connectivity index (χ1v) is 10.1. The number of amides is 1. The summed E-state index contributed by atoms with van der Waals surface area (Å²) in [5.41, 5.74) is 2.01. The van der Waals surface area contributed by atoms with E-state index in [2.05, 4.69) is 66.5 Å². The van der Waals surface area contributed by atoms with Crippen LogP contribution < -0.4 is 5.32 Å². The third-order valence-corrected chi connectivity index (χ3v) is 6.15. The van der Waals surface area contributed by atoms with Gasteiger partial charge in [-0.2, -0.15) is 0 Å². The third-order valence-electron chi connectivity index (χ3n) is 6.15. The molecule has 0 aliphatic carbocycles. The Hall–Kier alpha value is -2.17. The van der Waals surface area contributed by atoms with E-state index in [4.69, 9.17) is 0 Å². The van der Waals surface area contributed by atoms with Gasteiger partial charge in [0.15, 0.2) is 0 Å². The molecule has 1 amide bonds. The molecule has 2 atom stereocenters. The van der Waals surface area contributed by atoms with E-state index in [1.54, 1.807) is 0 Å². The molecule has 4 nitrogen and oxygen atoms in total. The summed E-state index contributed by atoms with van der Waals surface area (Å²) in [6.45, 7) is 10.7. The molecule has 2 aromatic carbocycles. The Morgan fingerprint density at radius 1 is 1.21 bits per heavy atom. The number of rotatable bonds is 5. The van der Waals surface area contributed by atoms with Gasteiger partial charge >= 0.3 is 0 Å². The van der Waals surface area contributed by atoms with Crippen molar-refractivity contribution in [3.63, 3.8) is 0 Å². The van der Waals surface area contributed by atoms with Gasteiger partial charge in [0.25, 0.3) is 5.91 Å². The van der Waals surface area contributed by atoms with Crippen molar-refractivity contribution in [1.29, 1.82) is 0 Å². The van der Waals surface area contributed by atoms with E-state index in [1.165, 1.54) is 25.0 Å².